The second kappa shape index (κ2) is 8.21. The summed E-state index contributed by atoms with van der Waals surface area (Å²) < 4.78 is 5.98. The molecule has 3 rings (SSSR count). The summed E-state index contributed by atoms with van der Waals surface area (Å²) in [6, 6.07) is 4.14. The lowest BCUT2D eigenvalue weighted by Gasteiger charge is -2.38. The molecule has 1 aromatic heterocycles. The van der Waals surface area contributed by atoms with Crippen LogP contribution >= 0.6 is 23.1 Å². The van der Waals surface area contributed by atoms with E-state index in [2.05, 4.69) is 16.8 Å². The Bertz CT molecular complexity index is 520. The number of aliphatic hydroxyl groups excluding tert-OH is 1. The van der Waals surface area contributed by atoms with E-state index >= 15 is 0 Å². The minimum absolute atomic E-state index is 0.0297. The first-order chi connectivity index (χ1) is 11.7. The van der Waals surface area contributed by atoms with Gasteiger partial charge < -0.3 is 15.2 Å². The van der Waals surface area contributed by atoms with Crippen molar-refractivity contribution in [1.29, 1.82) is 0 Å². The molecule has 0 aromatic carbocycles. The number of rotatable bonds is 7. The smallest absolute Gasteiger partial charge is 0.231 e. The number of aliphatic hydroxyl groups is 1. The molecule has 0 unspecified atom stereocenters. The normalized spacial score (nSPS) is 22.4. The van der Waals surface area contributed by atoms with Gasteiger partial charge in [0.05, 0.1) is 24.2 Å². The molecule has 1 amide bonds. The zero-order valence-electron chi connectivity index (χ0n) is 14.1. The molecule has 6 heteroatoms. The van der Waals surface area contributed by atoms with Crippen LogP contribution in [0.2, 0.25) is 0 Å². The number of amides is 1. The van der Waals surface area contributed by atoms with Crippen molar-refractivity contribution in [3.05, 3.63) is 22.4 Å². The van der Waals surface area contributed by atoms with Crippen molar-refractivity contribution in [3.8, 4) is 0 Å². The summed E-state index contributed by atoms with van der Waals surface area (Å²) in [5.74, 6) is 2.27. The SMILES string of the molecule is O=C(NCC1(OCCO)CCSCC1)C1(c2cccs2)CCCC1. The average Bonchev–Trinajstić information content (AvgIpc) is 3.30. The monoisotopic (exact) mass is 369 g/mol. The minimum Gasteiger partial charge on any atom is -0.394 e. The van der Waals surface area contributed by atoms with Crippen LogP contribution in [0, 0.1) is 0 Å². The van der Waals surface area contributed by atoms with Gasteiger partial charge >= 0.3 is 0 Å². The third-order valence-electron chi connectivity index (χ3n) is 5.36. The first-order valence-corrected chi connectivity index (χ1v) is 10.9. The summed E-state index contributed by atoms with van der Waals surface area (Å²) in [4.78, 5) is 14.3. The molecular weight excluding hydrogens is 342 g/mol. The molecule has 1 aliphatic heterocycles. The molecule has 1 saturated carbocycles. The fourth-order valence-corrected chi connectivity index (χ4v) is 6.12. The molecule has 0 bridgehead atoms. The molecule has 2 aliphatic rings. The van der Waals surface area contributed by atoms with Gasteiger partial charge in [0.15, 0.2) is 0 Å². The van der Waals surface area contributed by atoms with Gasteiger partial charge in [-0.1, -0.05) is 18.9 Å². The number of hydrogen-bond acceptors (Lipinski definition) is 5. The van der Waals surface area contributed by atoms with Crippen molar-refractivity contribution in [2.75, 3.05) is 31.3 Å². The highest BCUT2D eigenvalue weighted by molar-refractivity contribution is 7.99. The van der Waals surface area contributed by atoms with Crippen molar-refractivity contribution in [1.82, 2.24) is 5.32 Å². The van der Waals surface area contributed by atoms with E-state index in [9.17, 15) is 4.79 Å². The molecule has 24 heavy (non-hydrogen) atoms. The largest absolute Gasteiger partial charge is 0.394 e. The maximum Gasteiger partial charge on any atom is 0.231 e. The molecule has 1 aromatic rings. The minimum atomic E-state index is -0.338. The van der Waals surface area contributed by atoms with Gasteiger partial charge in [-0.15, -0.1) is 11.3 Å². The predicted molar refractivity (Wildman–Crippen MR) is 99.8 cm³/mol. The second-order valence-corrected chi connectivity index (χ2v) is 8.99. The first kappa shape index (κ1) is 18.2. The number of thiophene rings is 1. The standard InChI is InChI=1S/C18H27NO3S2/c20-9-10-22-17(7-12-23-13-8-17)14-19-16(21)18(5-1-2-6-18)15-4-3-11-24-15/h3-4,11,20H,1-2,5-10,12-14H2,(H,19,21). The van der Waals surface area contributed by atoms with Crippen LogP contribution in [-0.2, 0) is 14.9 Å². The second-order valence-electron chi connectivity index (χ2n) is 6.82. The molecule has 1 aliphatic carbocycles. The summed E-state index contributed by atoms with van der Waals surface area (Å²) in [5, 5.41) is 14.4. The molecule has 2 N–H and O–H groups in total. The van der Waals surface area contributed by atoms with Gasteiger partial charge in [0.2, 0.25) is 5.91 Å². The van der Waals surface area contributed by atoms with Crippen molar-refractivity contribution >= 4 is 29.0 Å². The molecular formula is C18H27NO3S2. The average molecular weight is 370 g/mol. The number of carbonyl (C=O) groups is 1. The molecule has 4 nitrogen and oxygen atoms in total. The summed E-state index contributed by atoms with van der Waals surface area (Å²) in [5.41, 5.74) is -0.644. The van der Waals surface area contributed by atoms with Crippen molar-refractivity contribution in [2.45, 2.75) is 49.5 Å². The van der Waals surface area contributed by atoms with Crippen molar-refractivity contribution < 1.29 is 14.6 Å². The van der Waals surface area contributed by atoms with Gasteiger partial charge in [-0.3, -0.25) is 4.79 Å². The molecule has 0 atom stereocenters. The highest BCUT2D eigenvalue weighted by Gasteiger charge is 2.44. The lowest BCUT2D eigenvalue weighted by molar-refractivity contribution is -0.129. The van der Waals surface area contributed by atoms with Gasteiger partial charge in [-0.25, -0.2) is 0 Å². The number of nitrogens with one attached hydrogen (secondary N) is 1. The molecule has 2 heterocycles. The first-order valence-electron chi connectivity index (χ1n) is 8.86. The molecule has 0 spiro atoms. The Morgan fingerprint density at radius 1 is 1.25 bits per heavy atom. The number of thioether (sulfide) groups is 1. The Balaban J connectivity index is 1.68. The van der Waals surface area contributed by atoms with Crippen LogP contribution in [0.4, 0.5) is 0 Å². The van der Waals surface area contributed by atoms with E-state index < -0.39 is 0 Å². The highest BCUT2D eigenvalue weighted by atomic mass is 32.2. The van der Waals surface area contributed by atoms with Crippen LogP contribution in [0.5, 0.6) is 0 Å². The van der Waals surface area contributed by atoms with E-state index in [0.29, 0.717) is 13.2 Å². The predicted octanol–water partition coefficient (Wildman–Crippen LogP) is 2.95. The fourth-order valence-electron chi connectivity index (χ4n) is 3.90. The Hall–Kier alpha value is -0.560. The number of carbonyl (C=O) groups excluding carboxylic acids is 1. The zero-order chi connectivity index (χ0) is 16.9. The summed E-state index contributed by atoms with van der Waals surface area (Å²) in [6.45, 7) is 0.929. The molecule has 2 fully saturated rings. The van der Waals surface area contributed by atoms with E-state index in [0.717, 1.165) is 50.0 Å². The number of ether oxygens (including phenoxy) is 1. The molecule has 1 saturated heterocycles. The Labute approximate surface area is 152 Å². The highest BCUT2D eigenvalue weighted by Crippen LogP contribution is 2.43. The molecule has 134 valence electrons. The Kier molecular flexibility index (Phi) is 6.24. The fraction of sp³-hybridized carbons (Fsp3) is 0.722. The third kappa shape index (κ3) is 3.82. The number of hydrogen-bond donors (Lipinski definition) is 2. The van der Waals surface area contributed by atoms with E-state index in [4.69, 9.17) is 9.84 Å². The Morgan fingerprint density at radius 2 is 2.00 bits per heavy atom. The Morgan fingerprint density at radius 3 is 2.62 bits per heavy atom. The van der Waals surface area contributed by atoms with Crippen LogP contribution in [0.15, 0.2) is 17.5 Å². The quantitative estimate of drug-likeness (QED) is 0.776. The molecule has 0 radical (unpaired) electrons. The van der Waals surface area contributed by atoms with Crippen LogP contribution in [0.1, 0.15) is 43.4 Å². The van der Waals surface area contributed by atoms with E-state index in [-0.39, 0.29) is 23.5 Å². The maximum absolute atomic E-state index is 13.1. The van der Waals surface area contributed by atoms with E-state index in [1.54, 1.807) is 11.3 Å². The van der Waals surface area contributed by atoms with Gasteiger partial charge in [0.25, 0.3) is 0 Å². The summed E-state index contributed by atoms with van der Waals surface area (Å²) in [7, 11) is 0. The zero-order valence-corrected chi connectivity index (χ0v) is 15.7. The lowest BCUT2D eigenvalue weighted by Crippen LogP contribution is -2.52. The summed E-state index contributed by atoms with van der Waals surface area (Å²) in [6.07, 6.45) is 6.00. The van der Waals surface area contributed by atoms with Gasteiger partial charge in [-0.2, -0.15) is 11.8 Å². The van der Waals surface area contributed by atoms with E-state index in [1.807, 2.05) is 17.8 Å². The lowest BCUT2D eigenvalue weighted by atomic mass is 9.83. The van der Waals surface area contributed by atoms with E-state index in [1.165, 1.54) is 4.88 Å². The maximum atomic E-state index is 13.1. The van der Waals surface area contributed by atoms with Crippen molar-refractivity contribution in [2.24, 2.45) is 0 Å². The van der Waals surface area contributed by atoms with Crippen molar-refractivity contribution in [3.63, 3.8) is 0 Å². The van der Waals surface area contributed by atoms with Gasteiger partial charge in [0, 0.05) is 11.4 Å². The van der Waals surface area contributed by atoms with Gasteiger partial charge in [0.1, 0.15) is 0 Å². The van der Waals surface area contributed by atoms with Crippen LogP contribution in [0.25, 0.3) is 0 Å². The third-order valence-corrected chi connectivity index (χ3v) is 7.42. The summed E-state index contributed by atoms with van der Waals surface area (Å²) >= 11 is 3.63. The van der Waals surface area contributed by atoms with Gasteiger partial charge in [-0.05, 0) is 48.6 Å². The van der Waals surface area contributed by atoms with Crippen LogP contribution in [-0.4, -0.2) is 47.9 Å². The van der Waals surface area contributed by atoms with Crippen LogP contribution in [0.3, 0.4) is 0 Å². The van der Waals surface area contributed by atoms with Crippen LogP contribution < -0.4 is 5.32 Å². The topological polar surface area (TPSA) is 58.6 Å².